The summed E-state index contributed by atoms with van der Waals surface area (Å²) in [5, 5.41) is 0. The third kappa shape index (κ3) is 2.29. The van der Waals surface area contributed by atoms with Gasteiger partial charge in [-0.1, -0.05) is 30.3 Å². The van der Waals surface area contributed by atoms with Crippen LogP contribution in [0.4, 0.5) is 10.1 Å². The van der Waals surface area contributed by atoms with Gasteiger partial charge in [0.1, 0.15) is 5.82 Å². The zero-order valence-electron chi connectivity index (χ0n) is 9.57. The zero-order valence-corrected chi connectivity index (χ0v) is 10.5. The minimum absolute atomic E-state index is 0.217. The summed E-state index contributed by atoms with van der Waals surface area (Å²) in [6.07, 6.45) is 0. The van der Waals surface area contributed by atoms with Crippen LogP contribution in [0.1, 0.15) is 11.1 Å². The number of thiol groups is 1. The van der Waals surface area contributed by atoms with Crippen LogP contribution in [0, 0.1) is 12.7 Å². The molecule has 0 fully saturated rings. The van der Waals surface area contributed by atoms with E-state index >= 15 is 0 Å². The quantitative estimate of drug-likeness (QED) is 0.612. The monoisotopic (exact) mass is 247 g/mol. The predicted octanol–water partition coefficient (Wildman–Crippen LogP) is 3.81. The average molecular weight is 247 g/mol. The van der Waals surface area contributed by atoms with Crippen LogP contribution in [0.3, 0.4) is 0 Å². The highest BCUT2D eigenvalue weighted by Gasteiger charge is 2.09. The fourth-order valence-electron chi connectivity index (χ4n) is 1.73. The third-order valence-electron chi connectivity index (χ3n) is 2.84. The summed E-state index contributed by atoms with van der Waals surface area (Å²) >= 11 is 4.11. The molecule has 0 unspecified atom stereocenters. The lowest BCUT2D eigenvalue weighted by atomic mass is 10.0. The molecule has 0 atom stereocenters. The first-order valence-electron chi connectivity index (χ1n) is 5.38. The molecular formula is C14H14FNS. The molecule has 0 aliphatic rings. The molecule has 88 valence electrons. The number of hydrogen-bond acceptors (Lipinski definition) is 2. The van der Waals surface area contributed by atoms with E-state index in [0.717, 1.165) is 11.1 Å². The Morgan fingerprint density at radius 3 is 2.65 bits per heavy atom. The Kier molecular flexibility index (Phi) is 3.38. The summed E-state index contributed by atoms with van der Waals surface area (Å²) in [6.45, 7) is 1.93. The normalized spacial score (nSPS) is 10.5. The number of rotatable bonds is 2. The van der Waals surface area contributed by atoms with Crippen molar-refractivity contribution < 1.29 is 4.39 Å². The molecule has 0 amide bonds. The van der Waals surface area contributed by atoms with Crippen molar-refractivity contribution in [3.8, 4) is 11.1 Å². The second-order valence-electron chi connectivity index (χ2n) is 4.01. The van der Waals surface area contributed by atoms with E-state index in [1.54, 1.807) is 18.2 Å². The van der Waals surface area contributed by atoms with Gasteiger partial charge in [-0.15, -0.1) is 0 Å². The summed E-state index contributed by atoms with van der Waals surface area (Å²) in [7, 11) is 0. The molecular weight excluding hydrogens is 233 g/mol. The maximum atomic E-state index is 14.1. The first kappa shape index (κ1) is 12.0. The molecule has 0 aliphatic carbocycles. The Morgan fingerprint density at radius 2 is 2.00 bits per heavy atom. The van der Waals surface area contributed by atoms with Crippen molar-refractivity contribution in [1.82, 2.24) is 0 Å². The molecule has 17 heavy (non-hydrogen) atoms. The number of benzene rings is 2. The van der Waals surface area contributed by atoms with Crippen molar-refractivity contribution in [3.63, 3.8) is 0 Å². The Morgan fingerprint density at radius 1 is 1.24 bits per heavy atom. The van der Waals surface area contributed by atoms with Crippen molar-refractivity contribution in [2.45, 2.75) is 12.7 Å². The highest BCUT2D eigenvalue weighted by atomic mass is 32.1. The fraction of sp³-hybridized carbons (Fsp3) is 0.143. The lowest BCUT2D eigenvalue weighted by Crippen LogP contribution is -1.93. The molecule has 0 saturated carbocycles. The Labute approximate surface area is 106 Å². The van der Waals surface area contributed by atoms with Gasteiger partial charge in [0.2, 0.25) is 0 Å². The molecule has 2 aromatic carbocycles. The van der Waals surface area contributed by atoms with Crippen LogP contribution in [0.5, 0.6) is 0 Å². The Bertz CT molecular complexity index is 552. The van der Waals surface area contributed by atoms with Gasteiger partial charge in [-0.25, -0.2) is 4.39 Å². The van der Waals surface area contributed by atoms with Gasteiger partial charge >= 0.3 is 0 Å². The summed E-state index contributed by atoms with van der Waals surface area (Å²) in [4.78, 5) is 0. The van der Waals surface area contributed by atoms with Crippen molar-refractivity contribution >= 4 is 18.3 Å². The molecule has 2 rings (SSSR count). The van der Waals surface area contributed by atoms with Gasteiger partial charge in [0, 0.05) is 17.0 Å². The van der Waals surface area contributed by atoms with Gasteiger partial charge in [0.25, 0.3) is 0 Å². The van der Waals surface area contributed by atoms with Crippen molar-refractivity contribution in [2.75, 3.05) is 5.73 Å². The van der Waals surface area contributed by atoms with Gasteiger partial charge in [0.15, 0.2) is 0 Å². The van der Waals surface area contributed by atoms with Crippen LogP contribution >= 0.6 is 12.6 Å². The van der Waals surface area contributed by atoms with E-state index in [-0.39, 0.29) is 5.82 Å². The second-order valence-corrected chi connectivity index (χ2v) is 4.32. The molecule has 0 radical (unpaired) electrons. The van der Waals surface area contributed by atoms with E-state index in [4.69, 9.17) is 5.73 Å². The van der Waals surface area contributed by atoms with Crippen LogP contribution in [0.2, 0.25) is 0 Å². The molecule has 0 spiro atoms. The molecule has 0 heterocycles. The van der Waals surface area contributed by atoms with Gasteiger partial charge in [-0.2, -0.15) is 12.6 Å². The summed E-state index contributed by atoms with van der Waals surface area (Å²) in [5.41, 5.74) is 9.49. The summed E-state index contributed by atoms with van der Waals surface area (Å²) < 4.78 is 14.1. The van der Waals surface area contributed by atoms with Crippen LogP contribution in [-0.2, 0) is 5.75 Å². The first-order valence-corrected chi connectivity index (χ1v) is 6.01. The van der Waals surface area contributed by atoms with Gasteiger partial charge in [-0.3, -0.25) is 0 Å². The van der Waals surface area contributed by atoms with E-state index in [9.17, 15) is 4.39 Å². The molecule has 0 aromatic heterocycles. The second kappa shape index (κ2) is 4.80. The summed E-state index contributed by atoms with van der Waals surface area (Å²) in [6, 6.07) is 10.9. The molecule has 1 nitrogen and oxygen atoms in total. The first-order chi connectivity index (χ1) is 8.13. The maximum Gasteiger partial charge on any atom is 0.135 e. The number of aryl methyl sites for hydroxylation is 1. The molecule has 2 aromatic rings. The van der Waals surface area contributed by atoms with Crippen molar-refractivity contribution in [1.29, 1.82) is 0 Å². The smallest absolute Gasteiger partial charge is 0.135 e. The average Bonchev–Trinajstić information content (AvgIpc) is 2.33. The predicted molar refractivity (Wildman–Crippen MR) is 73.7 cm³/mol. The molecule has 0 saturated heterocycles. The van der Waals surface area contributed by atoms with Gasteiger partial charge in [-0.05, 0) is 29.7 Å². The van der Waals surface area contributed by atoms with E-state index < -0.39 is 0 Å². The van der Waals surface area contributed by atoms with Crippen LogP contribution in [0.15, 0.2) is 36.4 Å². The minimum atomic E-state index is -0.217. The number of anilines is 1. The van der Waals surface area contributed by atoms with Gasteiger partial charge in [0.05, 0.1) is 0 Å². The lowest BCUT2D eigenvalue weighted by Gasteiger charge is -2.08. The topological polar surface area (TPSA) is 26.0 Å². The number of hydrogen-bond donors (Lipinski definition) is 2. The molecule has 3 heteroatoms. The third-order valence-corrected chi connectivity index (χ3v) is 3.18. The largest absolute Gasteiger partial charge is 0.398 e. The SMILES string of the molecule is Cc1ccc(-c2cccc(CS)c2F)cc1N. The van der Waals surface area contributed by atoms with E-state index in [2.05, 4.69) is 12.6 Å². The standard InChI is InChI=1S/C14H14FNS/c1-9-5-6-10(7-13(9)16)12-4-2-3-11(8-17)14(12)15/h2-7,17H,8,16H2,1H3. The Hall–Kier alpha value is -1.48. The van der Waals surface area contributed by atoms with E-state index in [1.807, 2.05) is 25.1 Å². The number of halogens is 1. The summed E-state index contributed by atoms with van der Waals surface area (Å²) in [5.74, 6) is 0.173. The van der Waals surface area contributed by atoms with E-state index in [1.165, 1.54) is 0 Å². The van der Waals surface area contributed by atoms with E-state index in [0.29, 0.717) is 22.6 Å². The van der Waals surface area contributed by atoms with Gasteiger partial charge < -0.3 is 5.73 Å². The highest BCUT2D eigenvalue weighted by Crippen LogP contribution is 2.28. The van der Waals surface area contributed by atoms with Crippen molar-refractivity contribution in [2.24, 2.45) is 0 Å². The lowest BCUT2D eigenvalue weighted by molar-refractivity contribution is 0.621. The van der Waals surface area contributed by atoms with Crippen LogP contribution < -0.4 is 5.73 Å². The minimum Gasteiger partial charge on any atom is -0.398 e. The molecule has 0 aliphatic heterocycles. The highest BCUT2D eigenvalue weighted by molar-refractivity contribution is 7.79. The maximum absolute atomic E-state index is 14.1. The zero-order chi connectivity index (χ0) is 12.4. The van der Waals surface area contributed by atoms with Crippen molar-refractivity contribution in [3.05, 3.63) is 53.3 Å². The van der Waals surface area contributed by atoms with Crippen LogP contribution in [0.25, 0.3) is 11.1 Å². The number of nitrogens with two attached hydrogens (primary N) is 1. The number of nitrogen functional groups attached to an aromatic ring is 1. The molecule has 2 N–H and O–H groups in total. The van der Waals surface area contributed by atoms with Crippen LogP contribution in [-0.4, -0.2) is 0 Å². The Balaban J connectivity index is 2.56. The molecule has 0 bridgehead atoms. The fourth-order valence-corrected chi connectivity index (χ4v) is 1.98.